The summed E-state index contributed by atoms with van der Waals surface area (Å²) >= 11 is 0. The van der Waals surface area contributed by atoms with Gasteiger partial charge in [-0.2, -0.15) is 0 Å². The number of carboxylic acid groups (broad SMARTS) is 1. The van der Waals surface area contributed by atoms with Gasteiger partial charge in [-0.3, -0.25) is 14.0 Å². The van der Waals surface area contributed by atoms with Crippen LogP contribution in [0.5, 0.6) is 0 Å². The maximum Gasteiger partial charge on any atom is 0.308 e. The minimum absolute atomic E-state index is 0.161. The van der Waals surface area contributed by atoms with Crippen molar-refractivity contribution in [3.63, 3.8) is 0 Å². The Labute approximate surface area is 109 Å². The standard InChI is InChI=1S/C12H14N4O3/c1-8(12(18)19)5-15(2)11(17)9-3-4-10-14-13-7-16(10)6-9/h3-4,6-8H,5H2,1-2H3,(H,18,19). The largest absolute Gasteiger partial charge is 0.481 e. The SMILES string of the molecule is CC(CN(C)C(=O)c1ccc2nncn2c1)C(=O)O. The lowest BCUT2D eigenvalue weighted by molar-refractivity contribution is -0.141. The zero-order valence-corrected chi connectivity index (χ0v) is 10.6. The molecular formula is C12H14N4O3. The van der Waals surface area contributed by atoms with Crippen LogP contribution < -0.4 is 0 Å². The number of carbonyl (C=O) groups excluding carboxylic acids is 1. The average Bonchev–Trinajstić information content (AvgIpc) is 2.84. The van der Waals surface area contributed by atoms with Gasteiger partial charge in [-0.25, -0.2) is 0 Å². The van der Waals surface area contributed by atoms with Crippen molar-refractivity contribution in [3.8, 4) is 0 Å². The molecule has 0 radical (unpaired) electrons. The number of rotatable bonds is 4. The van der Waals surface area contributed by atoms with E-state index in [0.29, 0.717) is 11.2 Å². The van der Waals surface area contributed by atoms with Crippen LogP contribution in [0, 0.1) is 5.92 Å². The van der Waals surface area contributed by atoms with Crippen molar-refractivity contribution >= 4 is 17.5 Å². The molecule has 2 rings (SSSR count). The molecule has 0 aliphatic carbocycles. The summed E-state index contributed by atoms with van der Waals surface area (Å²) in [5.74, 6) is -1.76. The van der Waals surface area contributed by atoms with E-state index in [1.807, 2.05) is 0 Å². The maximum atomic E-state index is 12.1. The first-order valence-electron chi connectivity index (χ1n) is 5.76. The molecule has 1 atom stereocenters. The second kappa shape index (κ2) is 5.05. The monoisotopic (exact) mass is 262 g/mol. The van der Waals surface area contributed by atoms with Crippen molar-refractivity contribution in [2.75, 3.05) is 13.6 Å². The molecule has 7 heteroatoms. The zero-order valence-electron chi connectivity index (χ0n) is 10.6. The highest BCUT2D eigenvalue weighted by atomic mass is 16.4. The Balaban J connectivity index is 2.16. The second-order valence-electron chi connectivity index (χ2n) is 4.44. The summed E-state index contributed by atoms with van der Waals surface area (Å²) < 4.78 is 1.64. The van der Waals surface area contributed by atoms with E-state index in [1.165, 1.54) is 11.2 Å². The Bertz CT molecular complexity index is 622. The van der Waals surface area contributed by atoms with Crippen LogP contribution in [-0.4, -0.2) is 50.1 Å². The molecule has 2 aromatic rings. The number of hydrogen-bond donors (Lipinski definition) is 1. The smallest absolute Gasteiger partial charge is 0.308 e. The molecule has 1 N–H and O–H groups in total. The number of pyridine rings is 1. The topological polar surface area (TPSA) is 87.8 Å². The Morgan fingerprint density at radius 3 is 2.89 bits per heavy atom. The highest BCUT2D eigenvalue weighted by molar-refractivity contribution is 5.94. The van der Waals surface area contributed by atoms with E-state index < -0.39 is 11.9 Å². The minimum Gasteiger partial charge on any atom is -0.481 e. The summed E-state index contributed by atoms with van der Waals surface area (Å²) in [6, 6.07) is 3.34. The number of fused-ring (bicyclic) bond motifs is 1. The van der Waals surface area contributed by atoms with E-state index >= 15 is 0 Å². The third-order valence-electron chi connectivity index (χ3n) is 2.85. The fourth-order valence-corrected chi connectivity index (χ4v) is 1.75. The molecule has 0 aliphatic heterocycles. The van der Waals surface area contributed by atoms with Crippen molar-refractivity contribution in [1.82, 2.24) is 19.5 Å². The number of carbonyl (C=O) groups is 2. The lowest BCUT2D eigenvalue weighted by Gasteiger charge is -2.19. The fraction of sp³-hybridized carbons (Fsp3) is 0.333. The lowest BCUT2D eigenvalue weighted by atomic mass is 10.1. The van der Waals surface area contributed by atoms with Crippen LogP contribution >= 0.6 is 0 Å². The summed E-state index contributed by atoms with van der Waals surface area (Å²) in [6.45, 7) is 1.73. The quantitative estimate of drug-likeness (QED) is 0.868. The molecule has 0 saturated carbocycles. The molecule has 1 unspecified atom stereocenters. The molecule has 0 aromatic carbocycles. The van der Waals surface area contributed by atoms with E-state index in [0.717, 1.165) is 0 Å². The van der Waals surface area contributed by atoms with Crippen LogP contribution in [0.1, 0.15) is 17.3 Å². The van der Waals surface area contributed by atoms with Gasteiger partial charge in [0.2, 0.25) is 0 Å². The normalized spacial score (nSPS) is 12.3. The molecule has 2 aromatic heterocycles. The van der Waals surface area contributed by atoms with E-state index in [-0.39, 0.29) is 12.5 Å². The minimum atomic E-state index is -0.922. The van der Waals surface area contributed by atoms with Crippen molar-refractivity contribution in [3.05, 3.63) is 30.2 Å². The number of amides is 1. The van der Waals surface area contributed by atoms with Crippen LogP contribution in [-0.2, 0) is 4.79 Å². The Morgan fingerprint density at radius 2 is 2.21 bits per heavy atom. The van der Waals surface area contributed by atoms with Gasteiger partial charge in [-0.05, 0) is 12.1 Å². The fourth-order valence-electron chi connectivity index (χ4n) is 1.75. The molecule has 0 aliphatic rings. The van der Waals surface area contributed by atoms with Crippen molar-refractivity contribution in [2.24, 2.45) is 5.92 Å². The van der Waals surface area contributed by atoms with Crippen LogP contribution in [0.15, 0.2) is 24.7 Å². The van der Waals surface area contributed by atoms with Crippen molar-refractivity contribution in [2.45, 2.75) is 6.92 Å². The Hall–Kier alpha value is -2.44. The number of nitrogens with zero attached hydrogens (tertiary/aromatic N) is 4. The first-order valence-corrected chi connectivity index (χ1v) is 5.76. The predicted octanol–water partition coefficient (Wildman–Crippen LogP) is 0.522. The Morgan fingerprint density at radius 1 is 1.47 bits per heavy atom. The molecule has 19 heavy (non-hydrogen) atoms. The molecule has 7 nitrogen and oxygen atoms in total. The molecule has 2 heterocycles. The molecule has 0 bridgehead atoms. The van der Waals surface area contributed by atoms with Gasteiger partial charge in [0, 0.05) is 19.8 Å². The van der Waals surface area contributed by atoms with E-state index in [2.05, 4.69) is 10.2 Å². The third-order valence-corrected chi connectivity index (χ3v) is 2.85. The lowest BCUT2D eigenvalue weighted by Crippen LogP contribution is -2.33. The zero-order chi connectivity index (χ0) is 14.0. The summed E-state index contributed by atoms with van der Waals surface area (Å²) in [6.07, 6.45) is 3.13. The molecule has 0 fully saturated rings. The number of aromatic nitrogens is 3. The molecule has 0 saturated heterocycles. The van der Waals surface area contributed by atoms with Crippen LogP contribution in [0.2, 0.25) is 0 Å². The van der Waals surface area contributed by atoms with Gasteiger partial charge in [0.05, 0.1) is 11.5 Å². The van der Waals surface area contributed by atoms with Gasteiger partial charge in [-0.15, -0.1) is 10.2 Å². The Kier molecular flexibility index (Phi) is 3.46. The summed E-state index contributed by atoms with van der Waals surface area (Å²) in [5.41, 5.74) is 1.12. The first kappa shape index (κ1) is 13.0. The second-order valence-corrected chi connectivity index (χ2v) is 4.44. The van der Waals surface area contributed by atoms with E-state index in [1.54, 1.807) is 36.7 Å². The number of hydrogen-bond acceptors (Lipinski definition) is 4. The van der Waals surface area contributed by atoms with Crippen molar-refractivity contribution in [1.29, 1.82) is 0 Å². The van der Waals surface area contributed by atoms with Gasteiger partial charge >= 0.3 is 5.97 Å². The summed E-state index contributed by atoms with van der Waals surface area (Å²) in [4.78, 5) is 24.3. The maximum absolute atomic E-state index is 12.1. The van der Waals surface area contributed by atoms with E-state index in [9.17, 15) is 9.59 Å². The number of carboxylic acids is 1. The van der Waals surface area contributed by atoms with Gasteiger partial charge in [0.15, 0.2) is 5.65 Å². The summed E-state index contributed by atoms with van der Waals surface area (Å²) in [7, 11) is 1.58. The van der Waals surface area contributed by atoms with Gasteiger partial charge in [-0.1, -0.05) is 6.92 Å². The first-order chi connectivity index (χ1) is 8.99. The van der Waals surface area contributed by atoms with Crippen LogP contribution in [0.25, 0.3) is 5.65 Å². The van der Waals surface area contributed by atoms with Gasteiger partial charge in [0.25, 0.3) is 5.91 Å². The van der Waals surface area contributed by atoms with Gasteiger partial charge in [0.1, 0.15) is 6.33 Å². The molecular weight excluding hydrogens is 248 g/mol. The van der Waals surface area contributed by atoms with Crippen LogP contribution in [0.3, 0.4) is 0 Å². The average molecular weight is 262 g/mol. The molecule has 0 spiro atoms. The van der Waals surface area contributed by atoms with E-state index in [4.69, 9.17) is 5.11 Å². The molecule has 100 valence electrons. The van der Waals surface area contributed by atoms with Gasteiger partial charge < -0.3 is 10.0 Å². The predicted molar refractivity (Wildman–Crippen MR) is 66.7 cm³/mol. The highest BCUT2D eigenvalue weighted by Crippen LogP contribution is 2.08. The number of aliphatic carboxylic acids is 1. The highest BCUT2D eigenvalue weighted by Gasteiger charge is 2.18. The van der Waals surface area contributed by atoms with Crippen LogP contribution in [0.4, 0.5) is 0 Å². The third kappa shape index (κ3) is 2.70. The molecule has 1 amide bonds. The summed E-state index contributed by atoms with van der Waals surface area (Å²) in [5, 5.41) is 16.4. The van der Waals surface area contributed by atoms with Crippen molar-refractivity contribution < 1.29 is 14.7 Å².